The summed E-state index contributed by atoms with van der Waals surface area (Å²) in [5.41, 5.74) is 2.77. The number of thiophene rings is 1. The van der Waals surface area contributed by atoms with E-state index in [0.29, 0.717) is 16.3 Å². The second-order valence-corrected chi connectivity index (χ2v) is 9.27. The molecular formula is C26H21N5O5S. The first-order valence-corrected chi connectivity index (χ1v) is 12.1. The average Bonchev–Trinajstić information content (AvgIpc) is 3.65. The van der Waals surface area contributed by atoms with Gasteiger partial charge in [0.1, 0.15) is 16.8 Å². The zero-order valence-corrected chi connectivity index (χ0v) is 20.4. The summed E-state index contributed by atoms with van der Waals surface area (Å²) in [6.45, 7) is 0.837. The largest absolute Gasteiger partial charge is 0.452 e. The molecule has 1 fully saturated rings. The zero-order valence-electron chi connectivity index (χ0n) is 19.6. The van der Waals surface area contributed by atoms with Gasteiger partial charge in [0.25, 0.3) is 11.8 Å². The molecule has 5 rings (SSSR count). The van der Waals surface area contributed by atoms with E-state index in [1.54, 1.807) is 41.9 Å². The molecule has 0 unspecified atom stereocenters. The number of esters is 1. The van der Waals surface area contributed by atoms with Gasteiger partial charge in [-0.1, -0.05) is 54.6 Å². The van der Waals surface area contributed by atoms with Gasteiger partial charge in [0.05, 0.1) is 10.6 Å². The number of rotatable bonds is 7. The summed E-state index contributed by atoms with van der Waals surface area (Å²) in [6.07, 6.45) is 1.54. The maximum atomic E-state index is 13.0. The van der Waals surface area contributed by atoms with E-state index in [9.17, 15) is 19.2 Å². The van der Waals surface area contributed by atoms with Crippen molar-refractivity contribution >= 4 is 35.2 Å². The molecule has 2 aromatic heterocycles. The number of benzene rings is 2. The van der Waals surface area contributed by atoms with Crippen LogP contribution < -0.4 is 10.7 Å². The van der Waals surface area contributed by atoms with Gasteiger partial charge in [-0.05, 0) is 36.1 Å². The molecule has 3 heterocycles. The van der Waals surface area contributed by atoms with E-state index in [0.717, 1.165) is 10.6 Å². The second kappa shape index (κ2) is 9.70. The molecule has 0 radical (unpaired) electrons. The molecule has 0 aliphatic carbocycles. The molecule has 4 aromatic rings. The fourth-order valence-corrected chi connectivity index (χ4v) is 4.63. The van der Waals surface area contributed by atoms with Crippen molar-refractivity contribution in [2.75, 3.05) is 6.61 Å². The summed E-state index contributed by atoms with van der Waals surface area (Å²) in [4.78, 5) is 51.6. The Labute approximate surface area is 215 Å². The predicted octanol–water partition coefficient (Wildman–Crippen LogP) is 3.26. The number of para-hydroxylation sites is 1. The van der Waals surface area contributed by atoms with Gasteiger partial charge in [0, 0.05) is 6.20 Å². The van der Waals surface area contributed by atoms with Gasteiger partial charge in [0.15, 0.2) is 6.61 Å². The first-order valence-electron chi connectivity index (χ1n) is 11.2. The van der Waals surface area contributed by atoms with Gasteiger partial charge in [-0.3, -0.25) is 15.0 Å². The van der Waals surface area contributed by atoms with E-state index in [2.05, 4.69) is 15.8 Å². The monoisotopic (exact) mass is 515 g/mol. The Morgan fingerprint density at radius 1 is 1.03 bits per heavy atom. The van der Waals surface area contributed by atoms with Crippen molar-refractivity contribution in [1.82, 2.24) is 25.5 Å². The minimum atomic E-state index is -1.34. The normalized spacial score (nSPS) is 16.9. The maximum absolute atomic E-state index is 13.0. The Kier molecular flexibility index (Phi) is 6.28. The molecule has 1 atom stereocenters. The molecule has 1 aliphatic rings. The number of hydrogen-bond donors (Lipinski definition) is 2. The van der Waals surface area contributed by atoms with Gasteiger partial charge in [-0.2, -0.15) is 10.1 Å². The minimum Gasteiger partial charge on any atom is -0.452 e. The Balaban J connectivity index is 1.28. The van der Waals surface area contributed by atoms with E-state index in [-0.39, 0.29) is 5.56 Å². The molecule has 0 spiro atoms. The van der Waals surface area contributed by atoms with Crippen molar-refractivity contribution in [1.29, 1.82) is 0 Å². The highest BCUT2D eigenvalue weighted by Crippen LogP contribution is 2.29. The molecule has 4 amide bonds. The van der Waals surface area contributed by atoms with E-state index < -0.39 is 36.0 Å². The molecule has 1 aliphatic heterocycles. The summed E-state index contributed by atoms with van der Waals surface area (Å²) in [5.74, 6) is -2.28. The summed E-state index contributed by atoms with van der Waals surface area (Å²) in [6, 6.07) is 20.8. The molecule has 2 N–H and O–H groups in total. The third-order valence-electron chi connectivity index (χ3n) is 5.82. The van der Waals surface area contributed by atoms with Crippen molar-refractivity contribution in [3.8, 4) is 16.3 Å². The van der Waals surface area contributed by atoms with Crippen LogP contribution >= 0.6 is 11.3 Å². The number of imide groups is 1. The number of nitrogens with zero attached hydrogens (tertiary/aromatic N) is 3. The topological polar surface area (TPSA) is 123 Å². The minimum absolute atomic E-state index is 0.172. The lowest BCUT2D eigenvalue weighted by Crippen LogP contribution is -2.49. The van der Waals surface area contributed by atoms with Crippen molar-refractivity contribution in [3.63, 3.8) is 0 Å². The summed E-state index contributed by atoms with van der Waals surface area (Å²) >= 11 is 1.41. The number of ether oxygens (including phenoxy) is 1. The van der Waals surface area contributed by atoms with Gasteiger partial charge >= 0.3 is 12.0 Å². The third-order valence-corrected chi connectivity index (χ3v) is 6.70. The lowest BCUT2D eigenvalue weighted by atomic mass is 9.92. The van der Waals surface area contributed by atoms with E-state index in [4.69, 9.17) is 4.74 Å². The number of aromatic nitrogens is 2. The Bertz CT molecular complexity index is 1470. The lowest BCUT2D eigenvalue weighted by molar-refractivity contribution is -0.140. The first-order chi connectivity index (χ1) is 17.9. The molecule has 11 heteroatoms. The number of hydrogen-bond acceptors (Lipinski definition) is 7. The Hall–Kier alpha value is -4.77. The summed E-state index contributed by atoms with van der Waals surface area (Å²) in [5, 5.41) is 9.58. The number of hydrazine groups is 1. The van der Waals surface area contributed by atoms with Crippen molar-refractivity contribution in [3.05, 3.63) is 95.5 Å². The molecule has 10 nitrogen and oxygen atoms in total. The van der Waals surface area contributed by atoms with Crippen molar-refractivity contribution in [2.24, 2.45) is 0 Å². The number of nitrogens with one attached hydrogen (secondary N) is 2. The molecule has 37 heavy (non-hydrogen) atoms. The molecular weight excluding hydrogens is 494 g/mol. The molecule has 0 bridgehead atoms. The smallest absolute Gasteiger partial charge is 0.344 e. The van der Waals surface area contributed by atoms with Crippen LogP contribution in [0.15, 0.2) is 84.4 Å². The van der Waals surface area contributed by atoms with Crippen LogP contribution in [0.4, 0.5) is 4.79 Å². The second-order valence-electron chi connectivity index (χ2n) is 8.32. The highest BCUT2D eigenvalue weighted by molar-refractivity contribution is 7.13. The van der Waals surface area contributed by atoms with E-state index in [1.807, 2.05) is 47.8 Å². The molecule has 186 valence electrons. The van der Waals surface area contributed by atoms with Gasteiger partial charge in [-0.15, -0.1) is 11.3 Å². The number of urea groups is 1. The summed E-state index contributed by atoms with van der Waals surface area (Å²) < 4.78 is 6.78. The quantitative estimate of drug-likeness (QED) is 0.288. The third kappa shape index (κ3) is 4.59. The fourth-order valence-electron chi connectivity index (χ4n) is 3.91. The molecule has 1 saturated heterocycles. The fraction of sp³-hybridized carbons (Fsp3) is 0.115. The van der Waals surface area contributed by atoms with Crippen LogP contribution in [0.3, 0.4) is 0 Å². The molecule has 0 saturated carbocycles. The number of amides is 4. The standard InChI is InChI=1S/C26H21N5O5S/c1-26(17-9-4-2-5-10-17)24(34)31(25(35)27-26)28-21(32)16-36-23(33)19-15-30(18-11-6-3-7-12-18)29-22(19)20-13-8-14-37-20/h2-15H,16H2,1H3,(H,27,35)(H,28,32)/t26-/m0/s1. The van der Waals surface area contributed by atoms with Crippen molar-refractivity contribution in [2.45, 2.75) is 12.5 Å². The van der Waals surface area contributed by atoms with Gasteiger partial charge < -0.3 is 10.1 Å². The number of carbonyl (C=O) groups is 4. The average molecular weight is 516 g/mol. The van der Waals surface area contributed by atoms with Gasteiger partial charge in [-0.25, -0.2) is 14.3 Å². The molecule has 2 aromatic carbocycles. The van der Waals surface area contributed by atoms with Crippen LogP contribution in [0.2, 0.25) is 0 Å². The number of carbonyl (C=O) groups excluding carboxylic acids is 4. The van der Waals surface area contributed by atoms with Crippen LogP contribution in [-0.4, -0.2) is 45.2 Å². The highest BCUT2D eigenvalue weighted by Gasteiger charge is 2.50. The Morgan fingerprint density at radius 2 is 1.73 bits per heavy atom. The van der Waals surface area contributed by atoms with Crippen molar-refractivity contribution < 1.29 is 23.9 Å². The van der Waals surface area contributed by atoms with Crippen LogP contribution in [0.5, 0.6) is 0 Å². The predicted molar refractivity (Wildman–Crippen MR) is 134 cm³/mol. The zero-order chi connectivity index (χ0) is 26.0. The SMILES string of the molecule is C[C@@]1(c2ccccc2)NC(=O)N(NC(=O)COC(=O)c2cn(-c3ccccc3)nc2-c2cccs2)C1=O. The van der Waals surface area contributed by atoms with Crippen LogP contribution in [0.1, 0.15) is 22.8 Å². The Morgan fingerprint density at radius 3 is 2.41 bits per heavy atom. The van der Waals surface area contributed by atoms with E-state index >= 15 is 0 Å². The van der Waals surface area contributed by atoms with Crippen LogP contribution in [-0.2, 0) is 19.9 Å². The lowest BCUT2D eigenvalue weighted by Gasteiger charge is -2.22. The van der Waals surface area contributed by atoms with Crippen LogP contribution in [0, 0.1) is 0 Å². The maximum Gasteiger partial charge on any atom is 0.344 e. The van der Waals surface area contributed by atoms with E-state index in [1.165, 1.54) is 17.5 Å². The highest BCUT2D eigenvalue weighted by atomic mass is 32.1. The van der Waals surface area contributed by atoms with Crippen LogP contribution in [0.25, 0.3) is 16.3 Å². The first kappa shape index (κ1) is 23.9. The van der Waals surface area contributed by atoms with Gasteiger partial charge in [0.2, 0.25) is 0 Å². The summed E-state index contributed by atoms with van der Waals surface area (Å²) in [7, 11) is 0.